The van der Waals surface area contributed by atoms with Crippen LogP contribution in [0.25, 0.3) is 0 Å². The summed E-state index contributed by atoms with van der Waals surface area (Å²) >= 11 is 0. The van der Waals surface area contributed by atoms with Gasteiger partial charge in [-0.3, -0.25) is 5.32 Å². The Morgan fingerprint density at radius 1 is 1.23 bits per heavy atom. The molecular weight excluding hydrogens is 378 g/mol. The van der Waals surface area contributed by atoms with Crippen molar-refractivity contribution in [1.29, 1.82) is 0 Å². The Morgan fingerprint density at radius 2 is 2.07 bits per heavy atom. The lowest BCUT2D eigenvalue weighted by atomic mass is 9.56. The summed E-state index contributed by atoms with van der Waals surface area (Å²) in [4.78, 5) is 12.6. The van der Waals surface area contributed by atoms with Crippen LogP contribution in [0.3, 0.4) is 0 Å². The number of carbonyl (C=O) groups is 1. The molecule has 1 fully saturated rings. The van der Waals surface area contributed by atoms with E-state index in [-0.39, 0.29) is 11.5 Å². The number of nitrogens with one attached hydrogen (secondary N) is 1. The first kappa shape index (κ1) is 19.4. The number of fused-ring (bicyclic) bond motifs is 1. The van der Waals surface area contributed by atoms with Crippen molar-refractivity contribution in [3.63, 3.8) is 0 Å². The molecule has 0 spiro atoms. The molecule has 158 valence electrons. The molecule has 1 N–H and O–H groups in total. The highest BCUT2D eigenvalue weighted by Crippen LogP contribution is 2.67. The fourth-order valence-electron chi connectivity index (χ4n) is 6.13. The Labute approximate surface area is 177 Å². The number of furan rings is 1. The molecule has 0 radical (unpaired) electrons. The largest absolute Gasteiger partial charge is 0.469 e. The van der Waals surface area contributed by atoms with E-state index in [1.807, 2.05) is 37.3 Å². The zero-order valence-electron chi connectivity index (χ0n) is 17.6. The van der Waals surface area contributed by atoms with E-state index in [1.54, 1.807) is 6.26 Å². The highest BCUT2D eigenvalue weighted by Gasteiger charge is 2.63. The minimum atomic E-state index is -0.425. The van der Waals surface area contributed by atoms with Crippen LogP contribution >= 0.6 is 0 Å². The van der Waals surface area contributed by atoms with Crippen LogP contribution in [-0.4, -0.2) is 18.8 Å². The lowest BCUT2D eigenvalue weighted by Gasteiger charge is -2.51. The highest BCUT2D eigenvalue weighted by molar-refractivity contribution is 5.84. The van der Waals surface area contributed by atoms with Gasteiger partial charge in [0.15, 0.2) is 0 Å². The molecule has 1 aromatic heterocycles. The number of benzene rings is 1. The maximum Gasteiger partial charge on any atom is 0.412 e. The molecule has 30 heavy (non-hydrogen) atoms. The van der Waals surface area contributed by atoms with Crippen LogP contribution < -0.4 is 5.32 Å². The van der Waals surface area contributed by atoms with Gasteiger partial charge in [-0.1, -0.05) is 37.6 Å². The molecule has 1 amide bonds. The Morgan fingerprint density at radius 3 is 2.90 bits per heavy atom. The van der Waals surface area contributed by atoms with Crippen molar-refractivity contribution in [2.24, 2.45) is 5.41 Å². The summed E-state index contributed by atoms with van der Waals surface area (Å²) < 4.78 is 18.4. The Bertz CT molecular complexity index is 965. The number of amides is 1. The lowest BCUT2D eigenvalue weighted by Crippen LogP contribution is -2.50. The topological polar surface area (TPSA) is 60.7 Å². The van der Waals surface area contributed by atoms with Crippen LogP contribution in [0.5, 0.6) is 0 Å². The van der Waals surface area contributed by atoms with Gasteiger partial charge in [-0.2, -0.15) is 0 Å². The lowest BCUT2D eigenvalue weighted by molar-refractivity contribution is -0.126. The minimum absolute atomic E-state index is 0.160. The van der Waals surface area contributed by atoms with E-state index in [0.717, 1.165) is 50.2 Å². The second-order valence-electron chi connectivity index (χ2n) is 8.92. The van der Waals surface area contributed by atoms with Crippen LogP contribution in [0, 0.1) is 5.41 Å². The summed E-state index contributed by atoms with van der Waals surface area (Å²) in [6, 6.07) is 11.5. The van der Waals surface area contributed by atoms with Crippen LogP contribution in [0.1, 0.15) is 63.2 Å². The van der Waals surface area contributed by atoms with E-state index in [0.29, 0.717) is 5.92 Å². The first-order chi connectivity index (χ1) is 14.6. The Hall–Kier alpha value is -2.53. The summed E-state index contributed by atoms with van der Waals surface area (Å²) in [6.07, 6.45) is 8.28. The fourth-order valence-corrected chi connectivity index (χ4v) is 6.13. The van der Waals surface area contributed by atoms with E-state index in [9.17, 15) is 4.79 Å². The summed E-state index contributed by atoms with van der Waals surface area (Å²) in [6.45, 7) is 4.97. The number of hydrogen-bond donors (Lipinski definition) is 1. The second kappa shape index (κ2) is 7.31. The SMILES string of the molecule is C[C@@H]1C[C@@]23CCCCO[C@@]2(CC=C3[C@@H](C)OC(=O)Nc2ccccc2)c2ccoc21. The molecule has 1 aliphatic heterocycles. The van der Waals surface area contributed by atoms with Gasteiger partial charge in [-0.05, 0) is 56.4 Å². The predicted octanol–water partition coefficient (Wildman–Crippen LogP) is 6.14. The summed E-state index contributed by atoms with van der Waals surface area (Å²) in [7, 11) is 0. The first-order valence-electron chi connectivity index (χ1n) is 11.0. The van der Waals surface area contributed by atoms with Crippen molar-refractivity contribution >= 4 is 11.8 Å². The number of rotatable bonds is 3. The molecule has 5 heteroatoms. The van der Waals surface area contributed by atoms with E-state index in [2.05, 4.69) is 24.4 Å². The average Bonchev–Trinajstić information content (AvgIpc) is 3.29. The van der Waals surface area contributed by atoms with Crippen molar-refractivity contribution < 1.29 is 18.7 Å². The van der Waals surface area contributed by atoms with Crippen LogP contribution in [-0.2, 0) is 15.1 Å². The van der Waals surface area contributed by atoms with Crippen molar-refractivity contribution in [2.45, 2.75) is 63.6 Å². The number of hydrogen-bond acceptors (Lipinski definition) is 4. The van der Waals surface area contributed by atoms with Gasteiger partial charge in [0.2, 0.25) is 0 Å². The molecular formula is C25H29NO4. The van der Waals surface area contributed by atoms with Gasteiger partial charge in [0, 0.05) is 29.2 Å². The van der Waals surface area contributed by atoms with Crippen LogP contribution in [0.2, 0.25) is 0 Å². The van der Waals surface area contributed by atoms with Gasteiger partial charge in [-0.25, -0.2) is 4.79 Å². The fraction of sp³-hybridized carbons (Fsp3) is 0.480. The molecule has 5 rings (SSSR count). The Balaban J connectivity index is 1.44. The second-order valence-corrected chi connectivity index (χ2v) is 8.92. The summed E-state index contributed by atoms with van der Waals surface area (Å²) in [5.74, 6) is 1.36. The van der Waals surface area contributed by atoms with Gasteiger partial charge in [0.1, 0.15) is 17.5 Å². The van der Waals surface area contributed by atoms with Crippen molar-refractivity contribution in [3.8, 4) is 0 Å². The number of ether oxygens (including phenoxy) is 2. The number of carbonyl (C=O) groups excluding carboxylic acids is 1. The molecule has 0 unspecified atom stereocenters. The molecule has 2 aromatic rings. The molecule has 5 nitrogen and oxygen atoms in total. The maximum absolute atomic E-state index is 12.6. The average molecular weight is 408 g/mol. The molecule has 3 aliphatic rings. The van der Waals surface area contributed by atoms with E-state index in [1.165, 1.54) is 11.1 Å². The van der Waals surface area contributed by atoms with Crippen LogP contribution in [0.4, 0.5) is 10.5 Å². The normalized spacial score (nSPS) is 30.9. The maximum atomic E-state index is 12.6. The summed E-state index contributed by atoms with van der Waals surface area (Å²) in [5.41, 5.74) is 2.56. The van der Waals surface area contributed by atoms with Gasteiger partial charge in [0.25, 0.3) is 0 Å². The monoisotopic (exact) mass is 407 g/mol. The highest BCUT2D eigenvalue weighted by atomic mass is 16.6. The first-order valence-corrected chi connectivity index (χ1v) is 11.0. The molecule has 0 bridgehead atoms. The van der Waals surface area contributed by atoms with E-state index in [4.69, 9.17) is 13.9 Å². The number of para-hydroxylation sites is 1. The minimum Gasteiger partial charge on any atom is -0.469 e. The van der Waals surface area contributed by atoms with E-state index >= 15 is 0 Å². The smallest absolute Gasteiger partial charge is 0.412 e. The van der Waals surface area contributed by atoms with Gasteiger partial charge < -0.3 is 13.9 Å². The van der Waals surface area contributed by atoms with Crippen LogP contribution in [0.15, 0.2) is 58.7 Å². The Kier molecular flexibility index (Phi) is 4.73. The zero-order valence-corrected chi connectivity index (χ0v) is 17.6. The number of anilines is 1. The molecule has 2 aliphatic carbocycles. The van der Waals surface area contributed by atoms with Crippen molar-refractivity contribution in [1.82, 2.24) is 0 Å². The molecule has 4 atom stereocenters. The van der Waals surface area contributed by atoms with Gasteiger partial charge in [-0.15, -0.1) is 0 Å². The van der Waals surface area contributed by atoms with Gasteiger partial charge in [0.05, 0.1) is 6.26 Å². The zero-order chi connectivity index (χ0) is 20.8. The molecule has 0 saturated carbocycles. The standard InChI is InChI=1S/C25H29NO4/c1-17-16-24-12-6-7-14-29-25(24,21-11-15-28-22(17)21)13-10-20(24)18(2)30-23(27)26-19-8-4-3-5-9-19/h3-5,8-11,15,17-18H,6-7,12-14,16H2,1-2H3,(H,26,27)/t17-,18-,24-,25+/m1/s1. The van der Waals surface area contributed by atoms with Crippen molar-refractivity contribution in [2.75, 3.05) is 11.9 Å². The molecule has 1 aromatic carbocycles. The molecule has 1 saturated heterocycles. The van der Waals surface area contributed by atoms with E-state index < -0.39 is 11.7 Å². The summed E-state index contributed by atoms with van der Waals surface area (Å²) in [5, 5.41) is 2.83. The third kappa shape index (κ3) is 2.83. The third-order valence-corrected chi connectivity index (χ3v) is 7.26. The predicted molar refractivity (Wildman–Crippen MR) is 114 cm³/mol. The molecule has 2 heterocycles. The van der Waals surface area contributed by atoms with Crippen molar-refractivity contribution in [3.05, 3.63) is 65.6 Å². The van der Waals surface area contributed by atoms with Gasteiger partial charge >= 0.3 is 6.09 Å². The quantitative estimate of drug-likeness (QED) is 0.621. The third-order valence-electron chi connectivity index (χ3n) is 7.26.